The molecule has 0 atom stereocenters. The summed E-state index contributed by atoms with van der Waals surface area (Å²) < 4.78 is 179. The molecule has 0 unspecified atom stereocenters. The molecule has 0 aliphatic carbocycles. The molecule has 0 N–H and O–H groups in total. The molecule has 0 aliphatic heterocycles. The van der Waals surface area contributed by atoms with E-state index in [1.54, 1.807) is 42.5 Å². The fraction of sp³-hybridized carbons (Fsp3) is 0. The number of benzene rings is 7. The van der Waals surface area contributed by atoms with Gasteiger partial charge in [0.05, 0.1) is 48.1 Å². The second-order valence-corrected chi connectivity index (χ2v) is 10.3. The number of fused-ring (bicyclic) bond motifs is 9. The number of furan rings is 1. The SMILES string of the molecule is [2H]c1c([2H])c(-c2cccc3oc4ccccc4c23)c([2H])c(-n2c3c([2H])c([2H])c([2H])c([2H])c3c3c([2H])c(-n4c5c([2H])c([2H])c([2H])c([2H])c5c5c([2H])c([2H])c([2H])c([2H])c54)c([2H])c([2H])c32)c1[2H]. The van der Waals surface area contributed by atoms with E-state index in [4.69, 9.17) is 20.9 Å². The number of aromatic nitrogens is 2. The van der Waals surface area contributed by atoms with Gasteiger partial charge in [-0.25, -0.2) is 0 Å². The van der Waals surface area contributed by atoms with Gasteiger partial charge in [0, 0.05) is 43.7 Å². The highest BCUT2D eigenvalue weighted by molar-refractivity contribution is 6.14. The Kier molecular flexibility index (Phi) is 2.56. The number of hydrogen-bond donors (Lipinski definition) is 0. The van der Waals surface area contributed by atoms with Crippen LogP contribution in [0.3, 0.4) is 0 Å². The Morgan fingerprint density at radius 3 is 1.78 bits per heavy atom. The van der Waals surface area contributed by atoms with Crippen LogP contribution in [0.25, 0.3) is 88.1 Å². The van der Waals surface area contributed by atoms with E-state index in [-0.39, 0.29) is 21.9 Å². The molecule has 210 valence electrons. The Balaban J connectivity index is 1.44. The van der Waals surface area contributed by atoms with Gasteiger partial charge in [-0.15, -0.1) is 0 Å². The molecular weight excluding hydrogens is 548 g/mol. The molecule has 3 aromatic heterocycles. The van der Waals surface area contributed by atoms with E-state index >= 15 is 0 Å². The molecule has 0 amide bonds. The van der Waals surface area contributed by atoms with Crippen LogP contribution in [0.5, 0.6) is 0 Å². The summed E-state index contributed by atoms with van der Waals surface area (Å²) >= 11 is 0. The minimum atomic E-state index is -0.869. The molecule has 45 heavy (non-hydrogen) atoms. The predicted octanol–water partition coefficient (Wildman–Crippen LogP) is 11.4. The summed E-state index contributed by atoms with van der Waals surface area (Å²) in [5.41, 5.74) is -2.07. The molecule has 0 spiro atoms. The Labute approximate surface area is 285 Å². The van der Waals surface area contributed by atoms with Crippen molar-refractivity contribution in [3.8, 4) is 22.5 Å². The van der Waals surface area contributed by atoms with Gasteiger partial charge in [-0.2, -0.15) is 0 Å². The van der Waals surface area contributed by atoms with Gasteiger partial charge in [-0.3, -0.25) is 0 Å². The zero-order valence-corrected chi connectivity index (χ0v) is 22.8. The number of rotatable bonds is 3. The molecule has 3 nitrogen and oxygen atoms in total. The maximum Gasteiger partial charge on any atom is 0.136 e. The minimum absolute atomic E-state index is 0.169. The van der Waals surface area contributed by atoms with E-state index in [1.807, 2.05) is 0 Å². The Morgan fingerprint density at radius 2 is 1.04 bits per heavy atom. The molecule has 7 aromatic carbocycles. The van der Waals surface area contributed by atoms with Crippen LogP contribution >= 0.6 is 0 Å². The van der Waals surface area contributed by atoms with Gasteiger partial charge in [0.2, 0.25) is 0 Å². The van der Waals surface area contributed by atoms with Crippen LogP contribution in [-0.2, 0) is 0 Å². The first-order chi connectivity index (χ1) is 30.3. The van der Waals surface area contributed by atoms with Crippen LogP contribution in [0, 0.1) is 0 Å². The van der Waals surface area contributed by atoms with Crippen LogP contribution in [0.4, 0.5) is 0 Å². The third-order valence-electron chi connectivity index (χ3n) is 7.91. The van der Waals surface area contributed by atoms with E-state index in [0.29, 0.717) is 21.9 Å². The Hall–Kier alpha value is -6.06. The molecular formula is C42H26N2O. The second-order valence-electron chi connectivity index (χ2n) is 10.3. The molecule has 0 aliphatic rings. The van der Waals surface area contributed by atoms with E-state index in [0.717, 1.165) is 9.13 Å². The summed E-state index contributed by atoms with van der Waals surface area (Å²) in [6, 6.07) is -2.07. The molecule has 0 fully saturated rings. The van der Waals surface area contributed by atoms with Gasteiger partial charge >= 0.3 is 0 Å². The van der Waals surface area contributed by atoms with Crippen LogP contribution in [0.2, 0.25) is 0 Å². The second kappa shape index (κ2) is 9.22. The number of nitrogens with zero attached hydrogens (tertiary/aromatic N) is 2. The van der Waals surface area contributed by atoms with Crippen molar-refractivity contribution in [2.75, 3.05) is 0 Å². The number of para-hydroxylation sites is 4. The van der Waals surface area contributed by atoms with Crippen molar-refractivity contribution in [3.05, 3.63) is 157 Å². The lowest BCUT2D eigenvalue weighted by Crippen LogP contribution is -1.96. The first kappa shape index (κ1) is 12.5. The molecule has 10 aromatic rings. The first-order valence-electron chi connectivity index (χ1n) is 23.3. The highest BCUT2D eigenvalue weighted by Gasteiger charge is 2.17. The standard InChI is InChI=1S/C42H26N2O/c1-5-18-36-31(13-1)32-14-2-6-19-37(32)44(36)29-23-24-39-35(26-29)33-15-3-7-20-38(33)43(39)28-12-9-11-27(25-28)30-17-10-22-41-42(30)34-16-4-8-21-40(34)45-41/h1-26H/i1D,2D,3D,5D,6D,7D,9D,11D,12D,13D,14D,15D,18D,19D,20D,23D,24D,25D,26D. The van der Waals surface area contributed by atoms with Gasteiger partial charge in [-0.1, -0.05) is 96.8 Å². The maximum absolute atomic E-state index is 9.86. The van der Waals surface area contributed by atoms with Crippen molar-refractivity contribution in [1.82, 2.24) is 9.13 Å². The summed E-state index contributed by atoms with van der Waals surface area (Å²) in [6.45, 7) is 0. The zero-order valence-electron chi connectivity index (χ0n) is 41.8. The zero-order chi connectivity index (χ0) is 46.0. The van der Waals surface area contributed by atoms with Gasteiger partial charge in [0.1, 0.15) is 11.2 Å². The van der Waals surface area contributed by atoms with E-state index in [1.165, 1.54) is 0 Å². The predicted molar refractivity (Wildman–Crippen MR) is 188 cm³/mol. The van der Waals surface area contributed by atoms with E-state index < -0.39 is 159 Å². The van der Waals surface area contributed by atoms with Crippen molar-refractivity contribution >= 4 is 65.6 Å². The molecule has 0 radical (unpaired) electrons. The largest absolute Gasteiger partial charge is 0.456 e. The third-order valence-corrected chi connectivity index (χ3v) is 7.91. The summed E-state index contributed by atoms with van der Waals surface area (Å²) in [5.74, 6) is 0. The van der Waals surface area contributed by atoms with Crippen LogP contribution in [0.1, 0.15) is 26.0 Å². The summed E-state index contributed by atoms with van der Waals surface area (Å²) in [7, 11) is 0. The summed E-state index contributed by atoms with van der Waals surface area (Å²) in [6.07, 6.45) is 0. The fourth-order valence-electron chi connectivity index (χ4n) is 6.05. The molecule has 10 rings (SSSR count). The summed E-state index contributed by atoms with van der Waals surface area (Å²) in [4.78, 5) is 0. The molecule has 3 heteroatoms. The average Bonchev–Trinajstić information content (AvgIpc) is 3.95. The Morgan fingerprint density at radius 1 is 0.444 bits per heavy atom. The van der Waals surface area contributed by atoms with Crippen molar-refractivity contribution in [2.24, 2.45) is 0 Å². The quantitative estimate of drug-likeness (QED) is 0.200. The molecule has 0 saturated heterocycles. The lowest BCUT2D eigenvalue weighted by Gasteiger charge is -2.12. The molecule has 0 saturated carbocycles. The normalized spacial score (nSPS) is 17.9. The molecule has 0 bridgehead atoms. The van der Waals surface area contributed by atoms with Crippen molar-refractivity contribution in [2.45, 2.75) is 0 Å². The number of hydrogen-bond acceptors (Lipinski definition) is 1. The topological polar surface area (TPSA) is 23.0 Å². The van der Waals surface area contributed by atoms with Crippen LogP contribution in [-0.4, -0.2) is 9.13 Å². The van der Waals surface area contributed by atoms with Crippen molar-refractivity contribution in [3.63, 3.8) is 0 Å². The fourth-order valence-corrected chi connectivity index (χ4v) is 6.05. The smallest absolute Gasteiger partial charge is 0.136 e. The van der Waals surface area contributed by atoms with Crippen molar-refractivity contribution in [1.29, 1.82) is 0 Å². The maximum atomic E-state index is 9.86. The van der Waals surface area contributed by atoms with Gasteiger partial charge < -0.3 is 13.6 Å². The van der Waals surface area contributed by atoms with Gasteiger partial charge in [0.15, 0.2) is 0 Å². The highest BCUT2D eigenvalue weighted by Crippen LogP contribution is 2.40. The highest BCUT2D eigenvalue weighted by atomic mass is 16.3. The van der Waals surface area contributed by atoms with Crippen LogP contribution < -0.4 is 0 Å². The van der Waals surface area contributed by atoms with Crippen LogP contribution in [0.15, 0.2) is 162 Å². The monoisotopic (exact) mass is 593 g/mol. The third kappa shape index (κ3) is 3.46. The Bertz CT molecular complexity index is 3770. The molecule has 3 heterocycles. The summed E-state index contributed by atoms with van der Waals surface area (Å²) in [5, 5.41) is -0.519. The van der Waals surface area contributed by atoms with Gasteiger partial charge in [0.25, 0.3) is 0 Å². The minimum Gasteiger partial charge on any atom is -0.456 e. The van der Waals surface area contributed by atoms with Gasteiger partial charge in [-0.05, 0) is 71.6 Å². The average molecular weight is 594 g/mol. The lowest BCUT2D eigenvalue weighted by atomic mass is 9.99. The van der Waals surface area contributed by atoms with Crippen molar-refractivity contribution < 1.29 is 30.5 Å². The lowest BCUT2D eigenvalue weighted by molar-refractivity contribution is 0.669. The first-order valence-corrected chi connectivity index (χ1v) is 13.8. The van der Waals surface area contributed by atoms with E-state index in [9.17, 15) is 9.60 Å². The van der Waals surface area contributed by atoms with E-state index in [2.05, 4.69) is 0 Å².